The number of aliphatic hydroxyl groups is 1. The van der Waals surface area contributed by atoms with E-state index in [-0.39, 0.29) is 5.78 Å². The van der Waals surface area contributed by atoms with Gasteiger partial charge < -0.3 is 5.11 Å². The van der Waals surface area contributed by atoms with E-state index in [1.54, 1.807) is 6.07 Å². The molecule has 0 saturated carbocycles. The molecule has 0 saturated heterocycles. The first kappa shape index (κ1) is 12.9. The fraction of sp³-hybridized carbons (Fsp3) is 0.500. The summed E-state index contributed by atoms with van der Waals surface area (Å²) in [5.74, 6) is -0.153. The Morgan fingerprint density at radius 1 is 1.31 bits per heavy atom. The number of aliphatic hydroxyl groups excluding tert-OH is 1. The van der Waals surface area contributed by atoms with E-state index in [1.165, 1.54) is 0 Å². The van der Waals surface area contributed by atoms with Gasteiger partial charge in [0.1, 0.15) is 6.10 Å². The van der Waals surface area contributed by atoms with Crippen LogP contribution in [-0.4, -0.2) is 17.0 Å². The first-order valence-corrected chi connectivity index (χ1v) is 6.00. The quantitative estimate of drug-likeness (QED) is 0.748. The van der Waals surface area contributed by atoms with Gasteiger partial charge in [-0.3, -0.25) is 4.79 Å². The number of benzene rings is 1. The normalized spacial score (nSPS) is 12.4. The third kappa shape index (κ3) is 3.46. The number of rotatable bonds is 6. The summed E-state index contributed by atoms with van der Waals surface area (Å²) in [6, 6.07) is 7.58. The van der Waals surface area contributed by atoms with E-state index in [4.69, 9.17) is 0 Å². The van der Waals surface area contributed by atoms with Crippen molar-refractivity contribution in [3.05, 3.63) is 35.4 Å². The van der Waals surface area contributed by atoms with Crippen molar-refractivity contribution >= 4 is 5.78 Å². The lowest BCUT2D eigenvalue weighted by atomic mass is 9.99. The minimum atomic E-state index is -0.845. The van der Waals surface area contributed by atoms with Crippen molar-refractivity contribution in [3.63, 3.8) is 0 Å². The van der Waals surface area contributed by atoms with Gasteiger partial charge in [-0.1, -0.05) is 44.9 Å². The summed E-state index contributed by atoms with van der Waals surface area (Å²) in [5.41, 5.74) is 1.80. The molecule has 0 heterocycles. The summed E-state index contributed by atoms with van der Waals surface area (Å²) in [7, 11) is 0. The molecular weight excluding hydrogens is 200 g/mol. The Hall–Kier alpha value is -1.15. The number of hydrogen-bond donors (Lipinski definition) is 1. The molecule has 0 aliphatic heterocycles. The summed E-state index contributed by atoms with van der Waals surface area (Å²) < 4.78 is 0. The molecule has 2 nitrogen and oxygen atoms in total. The summed E-state index contributed by atoms with van der Waals surface area (Å²) in [4.78, 5) is 11.8. The molecule has 0 fully saturated rings. The van der Waals surface area contributed by atoms with E-state index in [0.29, 0.717) is 12.0 Å². The molecule has 0 bridgehead atoms. The van der Waals surface area contributed by atoms with Gasteiger partial charge in [-0.2, -0.15) is 0 Å². The molecule has 1 rings (SSSR count). The van der Waals surface area contributed by atoms with E-state index in [1.807, 2.05) is 25.1 Å². The number of ketones is 1. The van der Waals surface area contributed by atoms with Gasteiger partial charge >= 0.3 is 0 Å². The van der Waals surface area contributed by atoms with E-state index in [9.17, 15) is 9.90 Å². The number of Topliss-reactive ketones (excluding diaryl/α,β-unsaturated/α-hetero) is 1. The number of carbonyl (C=O) groups is 1. The minimum absolute atomic E-state index is 0.153. The molecule has 2 heteroatoms. The molecule has 0 amide bonds. The fourth-order valence-electron chi connectivity index (χ4n) is 1.77. The molecule has 0 radical (unpaired) electrons. The second-order valence-electron chi connectivity index (χ2n) is 4.12. The summed E-state index contributed by atoms with van der Waals surface area (Å²) in [6.07, 6.45) is 2.56. The monoisotopic (exact) mass is 220 g/mol. The van der Waals surface area contributed by atoms with Crippen molar-refractivity contribution in [2.24, 2.45) is 0 Å². The van der Waals surface area contributed by atoms with Crippen LogP contribution in [0.15, 0.2) is 24.3 Å². The average Bonchev–Trinajstić information content (AvgIpc) is 2.29. The summed E-state index contributed by atoms with van der Waals surface area (Å²) in [6.45, 7) is 4.07. The third-order valence-corrected chi connectivity index (χ3v) is 2.61. The van der Waals surface area contributed by atoms with Crippen molar-refractivity contribution in [1.29, 1.82) is 0 Å². The van der Waals surface area contributed by atoms with Gasteiger partial charge in [0.25, 0.3) is 0 Å². The zero-order chi connectivity index (χ0) is 12.0. The standard InChI is InChI=1S/C14H20O2/c1-3-6-11-8-5-9-12(10-11)14(16)13(15)7-4-2/h5,8-10,13,15H,3-4,6-7H2,1-2H3. The van der Waals surface area contributed by atoms with Gasteiger partial charge in [0, 0.05) is 5.56 Å². The van der Waals surface area contributed by atoms with Crippen LogP contribution >= 0.6 is 0 Å². The first-order valence-electron chi connectivity index (χ1n) is 6.00. The van der Waals surface area contributed by atoms with Gasteiger partial charge in [0.05, 0.1) is 0 Å². The second kappa shape index (κ2) is 6.44. The van der Waals surface area contributed by atoms with Crippen LogP contribution in [0.25, 0.3) is 0 Å². The Morgan fingerprint density at radius 3 is 2.69 bits per heavy atom. The molecule has 1 atom stereocenters. The maximum Gasteiger partial charge on any atom is 0.191 e. The van der Waals surface area contributed by atoms with Crippen LogP contribution in [0.1, 0.15) is 49.0 Å². The Morgan fingerprint density at radius 2 is 2.06 bits per heavy atom. The highest BCUT2D eigenvalue weighted by Crippen LogP contribution is 2.11. The molecule has 1 N–H and O–H groups in total. The molecule has 88 valence electrons. The average molecular weight is 220 g/mol. The lowest BCUT2D eigenvalue weighted by Crippen LogP contribution is -2.20. The van der Waals surface area contributed by atoms with Gasteiger partial charge in [-0.15, -0.1) is 0 Å². The Kier molecular flexibility index (Phi) is 5.20. The second-order valence-corrected chi connectivity index (χ2v) is 4.12. The SMILES string of the molecule is CCCc1cccc(C(=O)C(O)CCC)c1. The highest BCUT2D eigenvalue weighted by Gasteiger charge is 2.15. The first-order chi connectivity index (χ1) is 7.69. The molecule has 1 unspecified atom stereocenters. The van der Waals surface area contributed by atoms with E-state index in [2.05, 4.69) is 6.92 Å². The Labute approximate surface area is 97.3 Å². The van der Waals surface area contributed by atoms with Crippen molar-refractivity contribution in [3.8, 4) is 0 Å². The zero-order valence-electron chi connectivity index (χ0n) is 10.1. The highest BCUT2D eigenvalue weighted by molar-refractivity contribution is 5.99. The fourth-order valence-corrected chi connectivity index (χ4v) is 1.77. The van der Waals surface area contributed by atoms with Crippen LogP contribution in [0.3, 0.4) is 0 Å². The molecule has 0 spiro atoms. The third-order valence-electron chi connectivity index (χ3n) is 2.61. The molecule has 0 aromatic heterocycles. The molecule has 1 aromatic rings. The topological polar surface area (TPSA) is 37.3 Å². The largest absolute Gasteiger partial charge is 0.385 e. The van der Waals surface area contributed by atoms with Crippen molar-refractivity contribution in [2.45, 2.75) is 45.6 Å². The molecule has 0 aliphatic rings. The zero-order valence-corrected chi connectivity index (χ0v) is 10.1. The number of aryl methyl sites for hydroxylation is 1. The van der Waals surface area contributed by atoms with Gasteiger partial charge in [0.2, 0.25) is 0 Å². The van der Waals surface area contributed by atoms with Crippen molar-refractivity contribution in [2.75, 3.05) is 0 Å². The van der Waals surface area contributed by atoms with Gasteiger partial charge in [-0.05, 0) is 24.5 Å². The van der Waals surface area contributed by atoms with Crippen LogP contribution < -0.4 is 0 Å². The summed E-state index contributed by atoms with van der Waals surface area (Å²) in [5, 5.41) is 9.64. The van der Waals surface area contributed by atoms with Gasteiger partial charge in [-0.25, -0.2) is 0 Å². The lowest BCUT2D eigenvalue weighted by Gasteiger charge is -2.09. The van der Waals surface area contributed by atoms with E-state index < -0.39 is 6.10 Å². The van der Waals surface area contributed by atoms with Crippen LogP contribution in [-0.2, 0) is 6.42 Å². The predicted molar refractivity (Wildman–Crippen MR) is 65.7 cm³/mol. The smallest absolute Gasteiger partial charge is 0.191 e. The maximum atomic E-state index is 11.8. The summed E-state index contributed by atoms with van der Waals surface area (Å²) >= 11 is 0. The molecular formula is C14H20O2. The Bertz CT molecular complexity index is 344. The lowest BCUT2D eigenvalue weighted by molar-refractivity contribution is 0.0729. The van der Waals surface area contributed by atoms with Crippen molar-refractivity contribution in [1.82, 2.24) is 0 Å². The van der Waals surface area contributed by atoms with Gasteiger partial charge in [0.15, 0.2) is 5.78 Å². The van der Waals surface area contributed by atoms with Crippen LogP contribution in [0.4, 0.5) is 0 Å². The van der Waals surface area contributed by atoms with Crippen LogP contribution in [0.2, 0.25) is 0 Å². The predicted octanol–water partition coefficient (Wildman–Crippen LogP) is 2.98. The number of hydrogen-bond acceptors (Lipinski definition) is 2. The number of carbonyl (C=O) groups excluding carboxylic acids is 1. The molecule has 0 aliphatic carbocycles. The van der Waals surface area contributed by atoms with Crippen LogP contribution in [0, 0.1) is 0 Å². The van der Waals surface area contributed by atoms with Crippen molar-refractivity contribution < 1.29 is 9.90 Å². The minimum Gasteiger partial charge on any atom is -0.385 e. The maximum absolute atomic E-state index is 11.8. The molecule has 1 aromatic carbocycles. The van der Waals surface area contributed by atoms with E-state index in [0.717, 1.165) is 24.8 Å². The van der Waals surface area contributed by atoms with E-state index >= 15 is 0 Å². The van der Waals surface area contributed by atoms with Crippen LogP contribution in [0.5, 0.6) is 0 Å². The Balaban J connectivity index is 2.78. The molecule has 16 heavy (non-hydrogen) atoms. The highest BCUT2D eigenvalue weighted by atomic mass is 16.3.